The van der Waals surface area contributed by atoms with Gasteiger partial charge in [-0.25, -0.2) is 9.37 Å². The van der Waals surface area contributed by atoms with Gasteiger partial charge in [0.15, 0.2) is 10.8 Å². The fourth-order valence-corrected chi connectivity index (χ4v) is 4.51. The third-order valence-electron chi connectivity index (χ3n) is 5.57. The van der Waals surface area contributed by atoms with E-state index in [0.717, 1.165) is 5.56 Å². The van der Waals surface area contributed by atoms with E-state index in [4.69, 9.17) is 0 Å². The van der Waals surface area contributed by atoms with Gasteiger partial charge in [0.25, 0.3) is 5.82 Å². The maximum atomic E-state index is 13.1. The van der Waals surface area contributed by atoms with Crippen LogP contribution in [0.4, 0.5) is 28.5 Å². The summed E-state index contributed by atoms with van der Waals surface area (Å²) in [6.07, 6.45) is -3.64. The van der Waals surface area contributed by atoms with Gasteiger partial charge in [0.2, 0.25) is 5.91 Å². The Hall–Kier alpha value is -3.61. The largest absolute Gasteiger partial charge is 0.453 e. The van der Waals surface area contributed by atoms with Crippen molar-refractivity contribution in [2.45, 2.75) is 19.0 Å². The van der Waals surface area contributed by atoms with Gasteiger partial charge in [0.1, 0.15) is 11.6 Å². The van der Waals surface area contributed by atoms with Crippen molar-refractivity contribution in [1.29, 1.82) is 0 Å². The number of fused-ring (bicyclic) bond motifs is 1. The predicted molar refractivity (Wildman–Crippen MR) is 117 cm³/mol. The minimum Gasteiger partial charge on any atom is -0.355 e. The van der Waals surface area contributed by atoms with Crippen LogP contribution in [0.3, 0.4) is 0 Å². The van der Waals surface area contributed by atoms with Crippen molar-refractivity contribution in [2.75, 3.05) is 23.3 Å². The van der Waals surface area contributed by atoms with Gasteiger partial charge in [-0.1, -0.05) is 0 Å². The first-order chi connectivity index (χ1) is 16.3. The molecule has 1 aliphatic heterocycles. The molecular weight excluding hydrogens is 474 g/mol. The van der Waals surface area contributed by atoms with Crippen LogP contribution in [-0.4, -0.2) is 43.8 Å². The molecule has 176 valence electrons. The lowest BCUT2D eigenvalue weighted by molar-refractivity contribution is -0.146. The Morgan fingerprint density at radius 1 is 1.06 bits per heavy atom. The molecule has 8 nitrogen and oxygen atoms in total. The van der Waals surface area contributed by atoms with Crippen LogP contribution < -0.4 is 10.2 Å². The summed E-state index contributed by atoms with van der Waals surface area (Å²) in [6.45, 7) is 0.914. The summed E-state index contributed by atoms with van der Waals surface area (Å²) in [4.78, 5) is 19.0. The lowest BCUT2D eigenvalue weighted by Gasteiger charge is -2.31. The van der Waals surface area contributed by atoms with E-state index in [2.05, 4.69) is 25.6 Å². The van der Waals surface area contributed by atoms with Crippen LogP contribution in [0.5, 0.6) is 0 Å². The smallest absolute Gasteiger partial charge is 0.355 e. The molecule has 34 heavy (non-hydrogen) atoms. The van der Waals surface area contributed by atoms with Gasteiger partial charge in [0, 0.05) is 30.0 Å². The molecule has 0 spiro atoms. The van der Waals surface area contributed by atoms with Gasteiger partial charge in [0.05, 0.1) is 5.69 Å². The Kier molecular flexibility index (Phi) is 5.63. The fraction of sp³-hybridized carbons (Fsp3) is 0.286. The number of carbonyl (C=O) groups is 1. The van der Waals surface area contributed by atoms with Crippen molar-refractivity contribution in [3.63, 3.8) is 0 Å². The monoisotopic (exact) mass is 491 g/mol. The highest BCUT2D eigenvalue weighted by atomic mass is 32.1. The zero-order valence-corrected chi connectivity index (χ0v) is 18.3. The minimum atomic E-state index is -4.66. The second-order valence-corrected chi connectivity index (χ2v) is 8.64. The average molecular weight is 491 g/mol. The quantitative estimate of drug-likeness (QED) is 0.429. The third kappa shape index (κ3) is 4.42. The van der Waals surface area contributed by atoms with Crippen molar-refractivity contribution in [3.8, 4) is 11.3 Å². The Labute approximate surface area is 194 Å². The molecule has 0 unspecified atom stereocenters. The maximum absolute atomic E-state index is 13.1. The third-order valence-corrected chi connectivity index (χ3v) is 6.32. The molecule has 1 fully saturated rings. The summed E-state index contributed by atoms with van der Waals surface area (Å²) in [6, 6.07) is 8.96. The summed E-state index contributed by atoms with van der Waals surface area (Å²) in [5, 5.41) is 15.8. The van der Waals surface area contributed by atoms with E-state index in [9.17, 15) is 22.4 Å². The second-order valence-electron chi connectivity index (χ2n) is 7.78. The number of amides is 1. The van der Waals surface area contributed by atoms with E-state index >= 15 is 0 Å². The van der Waals surface area contributed by atoms with E-state index in [-0.39, 0.29) is 23.3 Å². The Morgan fingerprint density at radius 3 is 2.50 bits per heavy atom. The molecule has 1 aromatic carbocycles. The highest BCUT2D eigenvalue weighted by molar-refractivity contribution is 7.14. The Morgan fingerprint density at radius 2 is 1.79 bits per heavy atom. The van der Waals surface area contributed by atoms with Crippen molar-refractivity contribution in [1.82, 2.24) is 24.8 Å². The molecule has 0 bridgehead atoms. The predicted octanol–water partition coefficient (Wildman–Crippen LogP) is 4.26. The van der Waals surface area contributed by atoms with Gasteiger partial charge < -0.3 is 10.2 Å². The molecule has 1 amide bonds. The number of aromatic nitrogens is 5. The van der Waals surface area contributed by atoms with Gasteiger partial charge in [-0.15, -0.1) is 26.6 Å². The van der Waals surface area contributed by atoms with Gasteiger partial charge >= 0.3 is 6.18 Å². The molecule has 4 aromatic rings. The van der Waals surface area contributed by atoms with E-state index in [1.54, 1.807) is 23.6 Å². The molecule has 0 radical (unpaired) electrons. The average Bonchev–Trinajstić information content (AvgIpc) is 3.46. The standard InChI is InChI=1S/C21H17F4N7OS/c22-14-3-1-12(2-4-14)15-11-34-20(26-15)27-18(33)13-7-9-31(10-8-13)17-6-5-16-28-29-19(21(23,24)25)32(16)30-17/h1-6,11,13H,7-10H2,(H,26,27,33). The van der Waals surface area contributed by atoms with E-state index in [0.29, 0.717) is 47.1 Å². The first-order valence-electron chi connectivity index (χ1n) is 10.3. The van der Waals surface area contributed by atoms with E-state index in [1.165, 1.54) is 29.5 Å². The highest BCUT2D eigenvalue weighted by Gasteiger charge is 2.38. The maximum Gasteiger partial charge on any atom is 0.453 e. The molecule has 5 rings (SSSR count). The number of anilines is 2. The molecule has 0 aliphatic carbocycles. The lowest BCUT2D eigenvalue weighted by Crippen LogP contribution is -2.38. The zero-order chi connectivity index (χ0) is 23.9. The number of nitrogens with zero attached hydrogens (tertiary/aromatic N) is 6. The second kappa shape index (κ2) is 8.63. The summed E-state index contributed by atoms with van der Waals surface area (Å²) in [5.41, 5.74) is 1.40. The van der Waals surface area contributed by atoms with E-state index < -0.39 is 12.0 Å². The number of hydrogen-bond donors (Lipinski definition) is 1. The number of piperidine rings is 1. The number of thiazole rings is 1. The molecule has 1 saturated heterocycles. The summed E-state index contributed by atoms with van der Waals surface area (Å²) >= 11 is 1.28. The topological polar surface area (TPSA) is 88.3 Å². The molecule has 0 saturated carbocycles. The fourth-order valence-electron chi connectivity index (χ4n) is 3.79. The number of rotatable bonds is 4. The molecule has 13 heteroatoms. The van der Waals surface area contributed by atoms with Crippen LogP contribution in [0.2, 0.25) is 0 Å². The summed E-state index contributed by atoms with van der Waals surface area (Å²) in [5.74, 6) is -1.58. The molecule has 4 heterocycles. The number of carbonyl (C=O) groups excluding carboxylic acids is 1. The van der Waals surface area contributed by atoms with Crippen LogP contribution >= 0.6 is 11.3 Å². The number of hydrogen-bond acceptors (Lipinski definition) is 7. The minimum absolute atomic E-state index is 0.00814. The van der Waals surface area contributed by atoms with Crippen LogP contribution in [0, 0.1) is 11.7 Å². The number of alkyl halides is 3. The number of halogens is 4. The van der Waals surface area contributed by atoms with Crippen LogP contribution in [0.25, 0.3) is 16.9 Å². The lowest BCUT2D eigenvalue weighted by atomic mass is 9.96. The SMILES string of the molecule is O=C(Nc1nc(-c2ccc(F)cc2)cs1)C1CCN(c2ccc3nnc(C(F)(F)F)n3n2)CC1. The Balaban J connectivity index is 1.22. The van der Waals surface area contributed by atoms with Crippen molar-refractivity contribution in [2.24, 2.45) is 5.92 Å². The molecule has 3 aromatic heterocycles. The van der Waals surface area contributed by atoms with Crippen LogP contribution in [0.15, 0.2) is 41.8 Å². The normalized spacial score (nSPS) is 15.1. The van der Waals surface area contributed by atoms with Gasteiger partial charge in [-0.05, 0) is 49.2 Å². The molecule has 1 aliphatic rings. The van der Waals surface area contributed by atoms with Crippen molar-refractivity contribution >= 4 is 33.8 Å². The van der Waals surface area contributed by atoms with Gasteiger partial charge in [-0.3, -0.25) is 4.79 Å². The Bertz CT molecular complexity index is 1330. The van der Waals surface area contributed by atoms with E-state index in [1.807, 2.05) is 4.90 Å². The molecule has 0 atom stereocenters. The van der Waals surface area contributed by atoms with Crippen LogP contribution in [-0.2, 0) is 11.0 Å². The summed E-state index contributed by atoms with van der Waals surface area (Å²) in [7, 11) is 0. The molecule has 1 N–H and O–H groups in total. The first kappa shape index (κ1) is 22.2. The summed E-state index contributed by atoms with van der Waals surface area (Å²) < 4.78 is 53.1. The molecular formula is C21H17F4N7OS. The van der Waals surface area contributed by atoms with Crippen molar-refractivity contribution < 1.29 is 22.4 Å². The van der Waals surface area contributed by atoms with Gasteiger partial charge in [-0.2, -0.15) is 17.7 Å². The van der Waals surface area contributed by atoms with Crippen LogP contribution in [0.1, 0.15) is 18.7 Å². The first-order valence-corrected chi connectivity index (χ1v) is 11.2. The highest BCUT2D eigenvalue weighted by Crippen LogP contribution is 2.30. The number of nitrogens with one attached hydrogen (secondary N) is 1. The zero-order valence-electron chi connectivity index (χ0n) is 17.5. The number of benzene rings is 1. The van der Waals surface area contributed by atoms with Crippen molar-refractivity contribution in [3.05, 3.63) is 53.4 Å².